The maximum atomic E-state index is 12.8. The van der Waals surface area contributed by atoms with Gasteiger partial charge >= 0.3 is 0 Å². The van der Waals surface area contributed by atoms with E-state index in [1.165, 1.54) is 10.1 Å². The number of amides is 1. The van der Waals surface area contributed by atoms with Crippen LogP contribution in [-0.2, 0) is 6.54 Å². The van der Waals surface area contributed by atoms with Gasteiger partial charge in [-0.3, -0.25) is 4.79 Å². The second-order valence-corrected chi connectivity index (χ2v) is 6.72. The number of thiophene rings is 1. The van der Waals surface area contributed by atoms with Gasteiger partial charge in [0.1, 0.15) is 0 Å². The molecule has 1 aliphatic rings. The van der Waals surface area contributed by atoms with Gasteiger partial charge in [0.2, 0.25) is 0 Å². The van der Waals surface area contributed by atoms with Crippen molar-refractivity contribution >= 4 is 38.7 Å². The molecule has 1 aliphatic heterocycles. The van der Waals surface area contributed by atoms with Crippen molar-refractivity contribution in [2.75, 3.05) is 23.9 Å². The summed E-state index contributed by atoms with van der Waals surface area (Å²) in [4.78, 5) is 16.6. The topological polar surface area (TPSA) is 23.6 Å². The van der Waals surface area contributed by atoms with Gasteiger partial charge < -0.3 is 9.80 Å². The van der Waals surface area contributed by atoms with Gasteiger partial charge in [-0.1, -0.05) is 12.1 Å². The molecule has 0 aliphatic carbocycles. The van der Waals surface area contributed by atoms with E-state index in [-0.39, 0.29) is 5.91 Å². The lowest BCUT2D eigenvalue weighted by Gasteiger charge is -2.15. The van der Waals surface area contributed by atoms with Crippen molar-refractivity contribution in [2.24, 2.45) is 0 Å². The summed E-state index contributed by atoms with van der Waals surface area (Å²) in [5.41, 5.74) is 3.95. The molecule has 3 nitrogen and oxygen atoms in total. The second-order valence-electron chi connectivity index (χ2n) is 5.77. The average molecular weight is 308 g/mol. The smallest absolute Gasteiger partial charge is 0.259 e. The number of hydrogen-bond acceptors (Lipinski definition) is 3. The number of rotatable bonds is 2. The predicted molar refractivity (Wildman–Crippen MR) is 93.1 cm³/mol. The lowest BCUT2D eigenvalue weighted by atomic mass is 10.1. The monoisotopic (exact) mass is 308 g/mol. The highest BCUT2D eigenvalue weighted by Gasteiger charge is 2.29. The first-order chi connectivity index (χ1) is 10.6. The molecule has 22 heavy (non-hydrogen) atoms. The molecule has 0 saturated heterocycles. The summed E-state index contributed by atoms with van der Waals surface area (Å²) in [5.74, 6) is 0.0922. The molecule has 1 aromatic heterocycles. The van der Waals surface area contributed by atoms with E-state index in [9.17, 15) is 4.79 Å². The number of hydrogen-bond donors (Lipinski definition) is 0. The quantitative estimate of drug-likeness (QED) is 0.711. The molecule has 2 heterocycles. The molecular formula is C18H16N2OS. The van der Waals surface area contributed by atoms with Crippen LogP contribution in [0.5, 0.6) is 0 Å². The molecule has 4 rings (SSSR count). The van der Waals surface area contributed by atoms with Crippen LogP contribution in [0.4, 0.5) is 11.4 Å². The third-order valence-electron chi connectivity index (χ3n) is 4.17. The van der Waals surface area contributed by atoms with E-state index in [4.69, 9.17) is 0 Å². The van der Waals surface area contributed by atoms with Gasteiger partial charge in [0.15, 0.2) is 0 Å². The molecular weight excluding hydrogens is 292 g/mol. The van der Waals surface area contributed by atoms with Crippen LogP contribution in [-0.4, -0.2) is 20.0 Å². The first-order valence-electron chi connectivity index (χ1n) is 7.23. The largest absolute Gasteiger partial charge is 0.378 e. The molecule has 0 bridgehead atoms. The molecule has 110 valence electrons. The van der Waals surface area contributed by atoms with Crippen LogP contribution in [0.2, 0.25) is 0 Å². The van der Waals surface area contributed by atoms with Crippen LogP contribution < -0.4 is 9.80 Å². The van der Waals surface area contributed by atoms with E-state index >= 15 is 0 Å². The summed E-state index contributed by atoms with van der Waals surface area (Å²) < 4.78 is 1.22. The highest BCUT2D eigenvalue weighted by atomic mass is 32.1. The molecule has 0 fully saturated rings. The zero-order valence-corrected chi connectivity index (χ0v) is 13.4. The van der Waals surface area contributed by atoms with Gasteiger partial charge in [-0.05, 0) is 46.7 Å². The first kappa shape index (κ1) is 13.3. The van der Waals surface area contributed by atoms with E-state index in [1.54, 1.807) is 11.3 Å². The number of benzene rings is 2. The first-order valence-corrected chi connectivity index (χ1v) is 8.11. The van der Waals surface area contributed by atoms with Crippen molar-refractivity contribution in [1.29, 1.82) is 0 Å². The van der Waals surface area contributed by atoms with Crippen LogP contribution >= 0.6 is 11.3 Å². The third-order valence-corrected chi connectivity index (χ3v) is 5.04. The summed E-state index contributed by atoms with van der Waals surface area (Å²) in [6.45, 7) is 0.652. The molecule has 2 aromatic carbocycles. The normalized spacial score (nSPS) is 13.7. The Bertz CT molecular complexity index is 882. The minimum atomic E-state index is 0.0922. The Morgan fingerprint density at radius 2 is 1.95 bits per heavy atom. The van der Waals surface area contributed by atoms with E-state index in [0.717, 1.165) is 22.5 Å². The molecule has 3 aromatic rings. The number of carbonyl (C=O) groups is 1. The van der Waals surface area contributed by atoms with Crippen LogP contribution in [0.3, 0.4) is 0 Å². The van der Waals surface area contributed by atoms with Crippen molar-refractivity contribution < 1.29 is 4.79 Å². The number of anilines is 2. The van der Waals surface area contributed by atoms with Gasteiger partial charge in [0.25, 0.3) is 5.91 Å². The minimum absolute atomic E-state index is 0.0922. The molecule has 0 N–H and O–H groups in total. The van der Waals surface area contributed by atoms with E-state index in [1.807, 2.05) is 36.0 Å². The molecule has 0 spiro atoms. The maximum absolute atomic E-state index is 12.8. The summed E-state index contributed by atoms with van der Waals surface area (Å²) in [6.07, 6.45) is 0. The Kier molecular flexibility index (Phi) is 2.94. The summed E-state index contributed by atoms with van der Waals surface area (Å²) in [5, 5.41) is 3.31. The van der Waals surface area contributed by atoms with Crippen LogP contribution in [0.25, 0.3) is 10.1 Å². The predicted octanol–water partition coefficient (Wildman–Crippen LogP) is 4.13. The van der Waals surface area contributed by atoms with Crippen LogP contribution in [0.1, 0.15) is 15.9 Å². The minimum Gasteiger partial charge on any atom is -0.378 e. The van der Waals surface area contributed by atoms with Crippen molar-refractivity contribution in [3.8, 4) is 0 Å². The second kappa shape index (κ2) is 4.85. The van der Waals surface area contributed by atoms with E-state index in [2.05, 4.69) is 35.7 Å². The fourth-order valence-electron chi connectivity index (χ4n) is 2.89. The van der Waals surface area contributed by atoms with Crippen LogP contribution in [0.15, 0.2) is 47.8 Å². The highest BCUT2D eigenvalue weighted by molar-refractivity contribution is 7.17. The Morgan fingerprint density at radius 1 is 1.09 bits per heavy atom. The Hall–Kier alpha value is -2.33. The van der Waals surface area contributed by atoms with Crippen molar-refractivity contribution in [3.63, 3.8) is 0 Å². The standard InChI is InChI=1S/C18H16N2OS/c1-19(2)14-5-4-13-11-20(18(21)16(13)9-14)15-6-3-12-7-8-22-17(12)10-15/h3-10H,11H2,1-2H3. The molecule has 0 unspecified atom stereocenters. The Labute approximate surface area is 133 Å². The number of fused-ring (bicyclic) bond motifs is 2. The SMILES string of the molecule is CN(C)c1ccc2c(c1)C(=O)N(c1ccc3ccsc3c1)C2. The fraction of sp³-hybridized carbons (Fsp3) is 0.167. The fourth-order valence-corrected chi connectivity index (χ4v) is 3.71. The Morgan fingerprint density at radius 3 is 2.77 bits per heavy atom. The summed E-state index contributed by atoms with van der Waals surface area (Å²) in [6, 6.07) is 14.4. The zero-order valence-electron chi connectivity index (χ0n) is 12.5. The van der Waals surface area contributed by atoms with Gasteiger partial charge in [0, 0.05) is 35.7 Å². The van der Waals surface area contributed by atoms with Crippen molar-refractivity contribution in [1.82, 2.24) is 0 Å². The van der Waals surface area contributed by atoms with Gasteiger partial charge in [-0.25, -0.2) is 0 Å². The molecule has 1 amide bonds. The summed E-state index contributed by atoms with van der Waals surface area (Å²) in [7, 11) is 3.98. The van der Waals surface area contributed by atoms with E-state index in [0.29, 0.717) is 6.54 Å². The molecule has 0 radical (unpaired) electrons. The third kappa shape index (κ3) is 1.99. The van der Waals surface area contributed by atoms with Crippen molar-refractivity contribution in [2.45, 2.75) is 6.54 Å². The highest BCUT2D eigenvalue weighted by Crippen LogP contribution is 2.33. The van der Waals surface area contributed by atoms with Gasteiger partial charge in [0.05, 0.1) is 6.54 Å². The molecule has 0 saturated carbocycles. The number of carbonyl (C=O) groups excluding carboxylic acids is 1. The van der Waals surface area contributed by atoms with Crippen LogP contribution in [0, 0.1) is 0 Å². The molecule has 4 heteroatoms. The molecule has 0 atom stereocenters. The maximum Gasteiger partial charge on any atom is 0.259 e. The lowest BCUT2D eigenvalue weighted by Crippen LogP contribution is -2.22. The number of nitrogens with zero attached hydrogens (tertiary/aromatic N) is 2. The van der Waals surface area contributed by atoms with Gasteiger partial charge in [-0.2, -0.15) is 0 Å². The van der Waals surface area contributed by atoms with Crippen molar-refractivity contribution in [3.05, 3.63) is 59.0 Å². The summed E-state index contributed by atoms with van der Waals surface area (Å²) >= 11 is 1.71. The Balaban J connectivity index is 1.74. The average Bonchev–Trinajstić information content (AvgIpc) is 3.11. The zero-order chi connectivity index (χ0) is 15.3. The lowest BCUT2D eigenvalue weighted by molar-refractivity contribution is 0.0996. The van der Waals surface area contributed by atoms with E-state index < -0.39 is 0 Å². The van der Waals surface area contributed by atoms with Gasteiger partial charge in [-0.15, -0.1) is 11.3 Å².